The number of hydrogen-bond acceptors (Lipinski definition) is 4. The lowest BCUT2D eigenvalue weighted by Gasteiger charge is -2.10. The van der Waals surface area contributed by atoms with Crippen LogP contribution in [0.1, 0.15) is 20.7 Å². The van der Waals surface area contributed by atoms with Gasteiger partial charge in [0.05, 0.1) is 25.3 Å². The van der Waals surface area contributed by atoms with Crippen molar-refractivity contribution in [2.45, 2.75) is 0 Å². The van der Waals surface area contributed by atoms with Crippen molar-refractivity contribution in [3.05, 3.63) is 59.7 Å². The highest BCUT2D eigenvalue weighted by atomic mass is 16.5. The fraction of sp³-hybridized carbons (Fsp3) is 0.0909. The molecule has 3 aromatic carbocycles. The molecule has 0 aliphatic carbocycles. The van der Waals surface area contributed by atoms with Crippen molar-refractivity contribution < 1.29 is 19.1 Å². The molecule has 138 valence electrons. The Kier molecular flexibility index (Phi) is 3.42. The number of esters is 2. The summed E-state index contributed by atoms with van der Waals surface area (Å²) < 4.78 is 10.0. The fourth-order valence-electron chi connectivity index (χ4n) is 4.04. The van der Waals surface area contributed by atoms with E-state index in [1.165, 1.54) is 14.2 Å². The number of carbonyl (C=O) groups excluding carboxylic acids is 2. The molecule has 0 aliphatic rings. The molecule has 2 heterocycles. The Morgan fingerprint density at radius 1 is 0.679 bits per heavy atom. The minimum atomic E-state index is -0.600. The van der Waals surface area contributed by atoms with E-state index < -0.39 is 11.9 Å². The molecule has 0 fully saturated rings. The van der Waals surface area contributed by atoms with Crippen LogP contribution in [0.4, 0.5) is 0 Å². The number of aromatic amines is 2. The van der Waals surface area contributed by atoms with Crippen molar-refractivity contribution in [1.82, 2.24) is 9.97 Å². The number of hydrogen-bond donors (Lipinski definition) is 2. The van der Waals surface area contributed by atoms with Crippen molar-refractivity contribution >= 4 is 55.6 Å². The summed E-state index contributed by atoms with van der Waals surface area (Å²) in [6.07, 6.45) is 0. The molecule has 5 aromatic rings. The summed E-state index contributed by atoms with van der Waals surface area (Å²) in [4.78, 5) is 32.1. The van der Waals surface area contributed by atoms with E-state index in [1.807, 2.05) is 48.5 Å². The molecule has 0 spiro atoms. The predicted molar refractivity (Wildman–Crippen MR) is 108 cm³/mol. The van der Waals surface area contributed by atoms with Gasteiger partial charge in [-0.05, 0) is 12.1 Å². The molecular weight excluding hydrogens is 356 g/mol. The second kappa shape index (κ2) is 5.85. The molecule has 0 unspecified atom stereocenters. The molecule has 0 aliphatic heterocycles. The molecule has 2 aromatic heterocycles. The highest BCUT2D eigenvalue weighted by Crippen LogP contribution is 2.41. The third kappa shape index (κ3) is 2.02. The lowest BCUT2D eigenvalue weighted by Crippen LogP contribution is -2.13. The zero-order valence-corrected chi connectivity index (χ0v) is 15.3. The van der Waals surface area contributed by atoms with Gasteiger partial charge in [0, 0.05) is 32.6 Å². The first-order chi connectivity index (χ1) is 13.7. The Morgan fingerprint density at radius 3 is 1.46 bits per heavy atom. The number of benzene rings is 3. The van der Waals surface area contributed by atoms with Gasteiger partial charge in [0.15, 0.2) is 0 Å². The number of H-pyrrole nitrogens is 2. The summed E-state index contributed by atoms with van der Waals surface area (Å²) in [7, 11) is 2.60. The largest absolute Gasteiger partial charge is 0.465 e. The third-order valence-electron chi connectivity index (χ3n) is 5.19. The molecule has 6 nitrogen and oxygen atoms in total. The number of carbonyl (C=O) groups is 2. The summed E-state index contributed by atoms with van der Waals surface area (Å²) in [5.74, 6) is -1.20. The van der Waals surface area contributed by atoms with Gasteiger partial charge in [0.2, 0.25) is 0 Å². The minimum Gasteiger partial charge on any atom is -0.465 e. The van der Waals surface area contributed by atoms with Gasteiger partial charge in [-0.3, -0.25) is 0 Å². The van der Waals surface area contributed by atoms with Gasteiger partial charge >= 0.3 is 11.9 Å². The Hall–Kier alpha value is -3.80. The first-order valence-electron chi connectivity index (χ1n) is 8.79. The molecular formula is C22H16N2O4. The average molecular weight is 372 g/mol. The highest BCUT2D eigenvalue weighted by Gasteiger charge is 2.29. The zero-order chi connectivity index (χ0) is 19.4. The van der Waals surface area contributed by atoms with Crippen molar-refractivity contribution in [2.24, 2.45) is 0 Å². The number of methoxy groups -OCH3 is 2. The fourth-order valence-corrected chi connectivity index (χ4v) is 4.04. The van der Waals surface area contributed by atoms with Crippen LogP contribution in [0, 0.1) is 0 Å². The number of para-hydroxylation sites is 2. The van der Waals surface area contributed by atoms with E-state index in [0.717, 1.165) is 32.6 Å². The minimum absolute atomic E-state index is 0.166. The van der Waals surface area contributed by atoms with Crippen LogP contribution in [0.5, 0.6) is 0 Å². The molecule has 0 bridgehead atoms. The number of aromatic nitrogens is 2. The van der Waals surface area contributed by atoms with E-state index in [-0.39, 0.29) is 11.1 Å². The first kappa shape index (κ1) is 16.4. The molecule has 5 rings (SSSR count). The second-order valence-corrected chi connectivity index (χ2v) is 6.57. The maximum absolute atomic E-state index is 12.7. The number of ether oxygens (including phenoxy) is 2. The predicted octanol–water partition coefficient (Wildman–Crippen LogP) is 4.53. The van der Waals surface area contributed by atoms with E-state index >= 15 is 0 Å². The van der Waals surface area contributed by atoms with Crippen molar-refractivity contribution in [1.29, 1.82) is 0 Å². The van der Waals surface area contributed by atoms with Crippen LogP contribution in [0.3, 0.4) is 0 Å². The van der Waals surface area contributed by atoms with E-state index in [9.17, 15) is 9.59 Å². The number of rotatable bonds is 2. The summed E-state index contributed by atoms with van der Waals surface area (Å²) in [5, 5.41) is 3.68. The number of nitrogens with one attached hydrogen (secondary N) is 2. The van der Waals surface area contributed by atoms with Gasteiger partial charge in [-0.2, -0.15) is 0 Å². The van der Waals surface area contributed by atoms with E-state index in [2.05, 4.69) is 9.97 Å². The number of fused-ring (bicyclic) bond motifs is 7. The molecule has 6 heteroatoms. The average Bonchev–Trinajstić information content (AvgIpc) is 3.29. The Bertz CT molecular complexity index is 1320. The maximum atomic E-state index is 12.7. The van der Waals surface area contributed by atoms with Gasteiger partial charge in [-0.15, -0.1) is 0 Å². The summed E-state index contributed by atoms with van der Waals surface area (Å²) in [5.41, 5.74) is 3.20. The zero-order valence-electron chi connectivity index (χ0n) is 15.3. The van der Waals surface area contributed by atoms with E-state index in [4.69, 9.17) is 9.47 Å². The van der Waals surface area contributed by atoms with Crippen LogP contribution in [-0.4, -0.2) is 36.1 Å². The van der Waals surface area contributed by atoms with Crippen LogP contribution in [0.2, 0.25) is 0 Å². The van der Waals surface area contributed by atoms with Crippen LogP contribution in [0.25, 0.3) is 43.6 Å². The normalized spacial score (nSPS) is 11.5. The lowest BCUT2D eigenvalue weighted by atomic mass is 9.97. The lowest BCUT2D eigenvalue weighted by molar-refractivity contribution is 0.0558. The standard InChI is InChI=1S/C22H16N2O4/c1-27-21(25)17-18(22(26)28-2)20-16(12-8-4-6-10-14(12)24-20)15-11-7-3-5-9-13(11)23-19(15)17/h3-10,23-24H,1-2H3. The smallest absolute Gasteiger partial charge is 0.340 e. The van der Waals surface area contributed by atoms with Crippen molar-refractivity contribution in [2.75, 3.05) is 14.2 Å². The Labute approximate surface area is 159 Å². The third-order valence-corrected chi connectivity index (χ3v) is 5.19. The molecule has 28 heavy (non-hydrogen) atoms. The molecule has 0 saturated heterocycles. The van der Waals surface area contributed by atoms with Crippen LogP contribution >= 0.6 is 0 Å². The summed E-state index contributed by atoms with van der Waals surface area (Å²) >= 11 is 0. The van der Waals surface area contributed by atoms with Crippen molar-refractivity contribution in [3.63, 3.8) is 0 Å². The SMILES string of the molecule is COC(=O)c1c(C(=O)OC)c2[nH]c3ccccc3c2c2c1[nH]c1ccccc12. The molecule has 0 radical (unpaired) electrons. The van der Waals surface area contributed by atoms with E-state index in [1.54, 1.807) is 0 Å². The van der Waals surface area contributed by atoms with Gasteiger partial charge in [0.1, 0.15) is 11.1 Å². The molecule has 2 N–H and O–H groups in total. The topological polar surface area (TPSA) is 84.2 Å². The van der Waals surface area contributed by atoms with Crippen molar-refractivity contribution in [3.8, 4) is 0 Å². The summed E-state index contributed by atoms with van der Waals surface area (Å²) in [6, 6.07) is 15.6. The highest BCUT2D eigenvalue weighted by molar-refractivity contribution is 6.34. The monoisotopic (exact) mass is 372 g/mol. The molecule has 0 saturated carbocycles. The quantitative estimate of drug-likeness (QED) is 0.446. The summed E-state index contributed by atoms with van der Waals surface area (Å²) in [6.45, 7) is 0. The molecule has 0 atom stereocenters. The van der Waals surface area contributed by atoms with Gasteiger partial charge < -0.3 is 19.4 Å². The maximum Gasteiger partial charge on any atom is 0.340 e. The van der Waals surface area contributed by atoms with E-state index in [0.29, 0.717) is 11.0 Å². The van der Waals surface area contributed by atoms with Crippen LogP contribution in [-0.2, 0) is 9.47 Å². The Morgan fingerprint density at radius 2 is 1.07 bits per heavy atom. The van der Waals surface area contributed by atoms with Gasteiger partial charge in [-0.1, -0.05) is 36.4 Å². The molecule has 0 amide bonds. The Balaban J connectivity index is 2.17. The second-order valence-electron chi connectivity index (χ2n) is 6.57. The van der Waals surface area contributed by atoms with Gasteiger partial charge in [0.25, 0.3) is 0 Å². The van der Waals surface area contributed by atoms with Gasteiger partial charge in [-0.25, -0.2) is 9.59 Å². The van der Waals surface area contributed by atoms with Crippen LogP contribution < -0.4 is 0 Å². The van der Waals surface area contributed by atoms with Crippen LogP contribution in [0.15, 0.2) is 48.5 Å². The first-order valence-corrected chi connectivity index (χ1v) is 8.79.